The number of rotatable bonds is 16. The first-order valence-electron chi connectivity index (χ1n) is 7.19. The van der Waals surface area contributed by atoms with Crippen molar-refractivity contribution in [2.75, 3.05) is 59.4 Å². The smallest absolute Gasteiger partial charge is 0.207 e. The lowest BCUT2D eigenvalue weighted by molar-refractivity contribution is -0.127. The summed E-state index contributed by atoms with van der Waals surface area (Å²) >= 11 is 0. The lowest BCUT2D eigenvalue weighted by Gasteiger charge is -2.08. The van der Waals surface area contributed by atoms with Crippen molar-refractivity contribution < 1.29 is 28.5 Å². The largest absolute Gasteiger partial charge is 0.377 e. The molecule has 124 valence electrons. The van der Waals surface area contributed by atoms with E-state index in [-0.39, 0.29) is 18.3 Å². The number of ketones is 1. The molecule has 1 amide bonds. The Bertz CT molecular complexity index is 260. The third-order valence-electron chi connectivity index (χ3n) is 2.48. The van der Waals surface area contributed by atoms with Gasteiger partial charge < -0.3 is 24.3 Å². The average molecular weight is 305 g/mol. The van der Waals surface area contributed by atoms with Gasteiger partial charge in [0.15, 0.2) is 5.78 Å². The molecular weight excluding hydrogens is 278 g/mol. The number of amides is 1. The number of carbonyl (C=O) groups excluding carboxylic acids is 2. The van der Waals surface area contributed by atoms with Crippen LogP contribution in [0.5, 0.6) is 0 Å². The highest BCUT2D eigenvalue weighted by atomic mass is 16.6. The summed E-state index contributed by atoms with van der Waals surface area (Å²) in [4.78, 5) is 21.2. The maximum absolute atomic E-state index is 11.2. The van der Waals surface area contributed by atoms with E-state index >= 15 is 0 Å². The quantitative estimate of drug-likeness (QED) is 0.320. The Labute approximate surface area is 126 Å². The van der Waals surface area contributed by atoms with Crippen LogP contribution in [0.1, 0.15) is 13.8 Å². The molecule has 0 saturated carbocycles. The third kappa shape index (κ3) is 15.2. The molecule has 0 rings (SSSR count). The number of carbonyl (C=O) groups is 2. The molecule has 0 bridgehead atoms. The molecule has 0 saturated heterocycles. The third-order valence-corrected chi connectivity index (χ3v) is 2.48. The van der Waals surface area contributed by atoms with Gasteiger partial charge in [0.25, 0.3) is 0 Å². The van der Waals surface area contributed by atoms with Crippen LogP contribution in [0, 0.1) is 5.92 Å². The summed E-state index contributed by atoms with van der Waals surface area (Å²) in [5, 5.41) is 2.50. The summed E-state index contributed by atoms with van der Waals surface area (Å²) in [5.74, 6) is 0.109. The van der Waals surface area contributed by atoms with Crippen LogP contribution in [-0.4, -0.2) is 71.6 Å². The van der Waals surface area contributed by atoms with Gasteiger partial charge in [0.1, 0.15) is 6.61 Å². The van der Waals surface area contributed by atoms with E-state index in [4.69, 9.17) is 18.9 Å². The Hall–Kier alpha value is -1.02. The maximum Gasteiger partial charge on any atom is 0.207 e. The zero-order valence-corrected chi connectivity index (χ0v) is 13.0. The number of nitrogens with one attached hydrogen (secondary N) is 1. The van der Waals surface area contributed by atoms with E-state index in [1.165, 1.54) is 0 Å². The van der Waals surface area contributed by atoms with E-state index < -0.39 is 0 Å². The maximum atomic E-state index is 11.2. The zero-order chi connectivity index (χ0) is 15.8. The van der Waals surface area contributed by atoms with Crippen molar-refractivity contribution in [3.05, 3.63) is 0 Å². The summed E-state index contributed by atoms with van der Waals surface area (Å²) in [6, 6.07) is 0. The summed E-state index contributed by atoms with van der Waals surface area (Å²) in [6.07, 6.45) is 0.639. The van der Waals surface area contributed by atoms with Crippen LogP contribution in [0.2, 0.25) is 0 Å². The lowest BCUT2D eigenvalue weighted by atomic mass is 10.1. The molecule has 0 unspecified atom stereocenters. The van der Waals surface area contributed by atoms with Gasteiger partial charge in [-0.05, 0) is 0 Å². The van der Waals surface area contributed by atoms with Crippen LogP contribution in [0.15, 0.2) is 0 Å². The Morgan fingerprint density at radius 2 is 1.38 bits per heavy atom. The van der Waals surface area contributed by atoms with Crippen molar-refractivity contribution in [3.63, 3.8) is 0 Å². The van der Waals surface area contributed by atoms with Crippen molar-refractivity contribution in [1.82, 2.24) is 5.32 Å². The molecule has 0 aliphatic carbocycles. The second-order valence-corrected chi connectivity index (χ2v) is 4.58. The molecule has 0 atom stereocenters. The number of ether oxygens (including phenoxy) is 4. The van der Waals surface area contributed by atoms with E-state index in [9.17, 15) is 9.59 Å². The van der Waals surface area contributed by atoms with E-state index in [0.717, 1.165) is 0 Å². The molecule has 0 aliphatic rings. The molecule has 0 aromatic heterocycles. The highest BCUT2D eigenvalue weighted by Gasteiger charge is 2.06. The van der Waals surface area contributed by atoms with Gasteiger partial charge in [-0.2, -0.15) is 0 Å². The van der Waals surface area contributed by atoms with Crippen LogP contribution < -0.4 is 5.32 Å². The average Bonchev–Trinajstić information content (AvgIpc) is 2.47. The lowest BCUT2D eigenvalue weighted by Crippen LogP contribution is -2.19. The minimum Gasteiger partial charge on any atom is -0.377 e. The summed E-state index contributed by atoms with van der Waals surface area (Å²) in [5.41, 5.74) is 0. The molecule has 21 heavy (non-hydrogen) atoms. The van der Waals surface area contributed by atoms with Crippen molar-refractivity contribution in [2.45, 2.75) is 13.8 Å². The van der Waals surface area contributed by atoms with Crippen molar-refractivity contribution in [3.8, 4) is 0 Å². The monoisotopic (exact) mass is 305 g/mol. The van der Waals surface area contributed by atoms with Crippen molar-refractivity contribution in [1.29, 1.82) is 0 Å². The van der Waals surface area contributed by atoms with Gasteiger partial charge in [0.05, 0.1) is 46.2 Å². The molecule has 0 spiro atoms. The molecule has 0 aromatic carbocycles. The first kappa shape index (κ1) is 20.0. The molecule has 0 radical (unpaired) electrons. The van der Waals surface area contributed by atoms with Gasteiger partial charge in [-0.3, -0.25) is 9.59 Å². The van der Waals surface area contributed by atoms with Crippen molar-refractivity contribution in [2.24, 2.45) is 5.92 Å². The minimum absolute atomic E-state index is 0.00996. The fraction of sp³-hybridized carbons (Fsp3) is 0.857. The van der Waals surface area contributed by atoms with Crippen LogP contribution in [0.3, 0.4) is 0 Å². The van der Waals surface area contributed by atoms with E-state index in [2.05, 4.69) is 5.32 Å². The summed E-state index contributed by atoms with van der Waals surface area (Å²) in [6.45, 7) is 7.63. The van der Waals surface area contributed by atoms with Gasteiger partial charge in [-0.15, -0.1) is 0 Å². The Balaban J connectivity index is 3.06. The van der Waals surface area contributed by atoms with Gasteiger partial charge >= 0.3 is 0 Å². The first-order valence-corrected chi connectivity index (χ1v) is 7.19. The van der Waals surface area contributed by atoms with Gasteiger partial charge in [-0.25, -0.2) is 0 Å². The van der Waals surface area contributed by atoms with Crippen molar-refractivity contribution >= 4 is 12.2 Å². The standard InChI is InChI=1S/C14H27NO6/c1-13(2)14(17)11-21-10-9-20-8-7-19-6-5-18-4-3-15-12-16/h12-13H,3-11H2,1-2H3,(H,15,16). The molecule has 0 fully saturated rings. The second-order valence-electron chi connectivity index (χ2n) is 4.58. The molecule has 7 nitrogen and oxygen atoms in total. The van der Waals surface area contributed by atoms with E-state index in [1.54, 1.807) is 0 Å². The highest BCUT2D eigenvalue weighted by molar-refractivity contribution is 5.81. The summed E-state index contributed by atoms with van der Waals surface area (Å²) in [7, 11) is 0. The number of hydrogen-bond donors (Lipinski definition) is 1. The normalized spacial score (nSPS) is 10.8. The molecule has 0 aliphatic heterocycles. The first-order chi connectivity index (χ1) is 10.2. The molecule has 7 heteroatoms. The number of Topliss-reactive ketones (excluding diaryl/α,β-unsaturated/α-hetero) is 1. The Morgan fingerprint density at radius 1 is 0.905 bits per heavy atom. The molecule has 0 heterocycles. The predicted molar refractivity (Wildman–Crippen MR) is 77.2 cm³/mol. The van der Waals surface area contributed by atoms with E-state index in [0.29, 0.717) is 59.2 Å². The topological polar surface area (TPSA) is 83.1 Å². The van der Waals surface area contributed by atoms with Crippen LogP contribution in [0.25, 0.3) is 0 Å². The second kappa shape index (κ2) is 15.4. The van der Waals surface area contributed by atoms with E-state index in [1.807, 2.05) is 13.8 Å². The SMILES string of the molecule is CC(C)C(=O)COCCOCCOCCOCCNC=O. The fourth-order valence-electron chi connectivity index (χ4n) is 1.19. The fourth-order valence-corrected chi connectivity index (χ4v) is 1.19. The minimum atomic E-state index is 0.00996. The number of hydrogen-bond acceptors (Lipinski definition) is 6. The Kier molecular flexibility index (Phi) is 14.6. The molecule has 1 N–H and O–H groups in total. The zero-order valence-electron chi connectivity index (χ0n) is 13.0. The molecule has 0 aromatic rings. The van der Waals surface area contributed by atoms with Crippen LogP contribution in [-0.2, 0) is 28.5 Å². The van der Waals surface area contributed by atoms with Gasteiger partial charge in [0, 0.05) is 12.5 Å². The predicted octanol–water partition coefficient (Wildman–Crippen LogP) is 0.0239. The highest BCUT2D eigenvalue weighted by Crippen LogP contribution is 1.94. The Morgan fingerprint density at radius 3 is 1.86 bits per heavy atom. The summed E-state index contributed by atoms with van der Waals surface area (Å²) < 4.78 is 20.9. The van der Waals surface area contributed by atoms with Gasteiger partial charge in [-0.1, -0.05) is 13.8 Å². The van der Waals surface area contributed by atoms with Gasteiger partial charge in [0.2, 0.25) is 6.41 Å². The van der Waals surface area contributed by atoms with Crippen LogP contribution in [0.4, 0.5) is 0 Å². The van der Waals surface area contributed by atoms with Crippen LogP contribution >= 0.6 is 0 Å². The molecular formula is C14H27NO6.